The number of ketones is 1. The number of aromatic amines is 1. The number of nitrogens with two attached hydrogens (primary N) is 2. The summed E-state index contributed by atoms with van der Waals surface area (Å²) in [4.78, 5) is 58.8. The van der Waals surface area contributed by atoms with Crippen LogP contribution in [0.3, 0.4) is 0 Å². The third kappa shape index (κ3) is 20.2. The first kappa shape index (κ1) is 73.9. The van der Waals surface area contributed by atoms with Crippen LogP contribution >= 0.6 is 73.9 Å². The summed E-state index contributed by atoms with van der Waals surface area (Å²) in [5.41, 5.74) is 20.4. The topological polar surface area (TPSA) is 318 Å². The zero-order chi connectivity index (χ0) is 71.1. The Hall–Kier alpha value is -8.81. The van der Waals surface area contributed by atoms with E-state index in [0.29, 0.717) is 73.7 Å². The van der Waals surface area contributed by atoms with Gasteiger partial charge in [-0.1, -0.05) is 48.2 Å². The molecule has 4 aliphatic rings. The molecule has 4 fully saturated rings. The molecule has 0 atom stereocenters. The van der Waals surface area contributed by atoms with Crippen molar-refractivity contribution in [3.05, 3.63) is 218 Å². The van der Waals surface area contributed by atoms with E-state index in [4.69, 9.17) is 89.2 Å². The van der Waals surface area contributed by atoms with Gasteiger partial charge in [-0.2, -0.15) is 23.4 Å². The Labute approximate surface area is 603 Å². The molecule has 0 saturated heterocycles. The number of nitrogens with zero attached hydrogens (tertiary/aromatic N) is 13. The molecule has 0 unspecified atom stereocenters. The molecule has 24 nitrogen and oxygen atoms in total. The fraction of sp³-hybridized carbons (Fsp3) is 0.288. The van der Waals surface area contributed by atoms with Gasteiger partial charge in [0, 0.05) is 63.9 Å². The number of fused-ring (bicyclic) bond motifs is 4. The molecule has 12 aromatic rings. The summed E-state index contributed by atoms with van der Waals surface area (Å²) in [6, 6.07) is 21.4. The van der Waals surface area contributed by atoms with E-state index in [2.05, 4.69) is 72.8 Å². The van der Waals surface area contributed by atoms with Crippen molar-refractivity contribution < 1.29 is 42.3 Å². The number of anilines is 2. The van der Waals surface area contributed by atoms with Crippen molar-refractivity contribution in [3.8, 4) is 5.88 Å². The number of methoxy groups -OCH3 is 1. The number of hydrogen-bond donors (Lipinski definition) is 7. The van der Waals surface area contributed by atoms with E-state index in [1.807, 2.05) is 62.1 Å². The van der Waals surface area contributed by atoms with Gasteiger partial charge in [-0.25, -0.2) is 29.9 Å². The van der Waals surface area contributed by atoms with Crippen LogP contribution in [0.2, 0.25) is 15.9 Å². The Morgan fingerprint density at radius 1 is 0.660 bits per heavy atom. The fourth-order valence-electron chi connectivity index (χ4n) is 9.92. The van der Waals surface area contributed by atoms with Gasteiger partial charge in [-0.3, -0.25) is 33.0 Å². The van der Waals surface area contributed by atoms with E-state index >= 15 is 0 Å². The number of rotatable bonds is 16. The average Bonchev–Trinajstić information content (AvgIpc) is 1.63. The summed E-state index contributed by atoms with van der Waals surface area (Å²) in [7, 11) is 0.657. The quantitative estimate of drug-likeness (QED) is 0.0268. The van der Waals surface area contributed by atoms with Crippen LogP contribution < -0.4 is 26.8 Å². The maximum atomic E-state index is 14.0. The second-order valence-electron chi connectivity index (χ2n) is 23.4. The predicted octanol–water partition coefficient (Wildman–Crippen LogP) is 12.3. The smallest absolute Gasteiger partial charge is 0.454 e. The van der Waals surface area contributed by atoms with Gasteiger partial charge in [0.05, 0.1) is 119 Å². The van der Waals surface area contributed by atoms with Gasteiger partial charge in [0.15, 0.2) is 5.78 Å². The number of aromatic nitrogens is 14. The number of ether oxygens (including phenoxy) is 1. The minimum absolute atomic E-state index is 0.0312. The van der Waals surface area contributed by atoms with Gasteiger partial charge in [-0.15, -0.1) is 34.8 Å². The van der Waals surface area contributed by atoms with E-state index in [9.17, 15) is 27.6 Å². The number of H-pyrrole nitrogens is 1. The number of alkyl halides is 3. The highest BCUT2D eigenvalue weighted by atomic mass is 79.9. The second kappa shape index (κ2) is 34.5. The van der Waals surface area contributed by atoms with Crippen LogP contribution in [0, 0.1) is 17.8 Å². The maximum absolute atomic E-state index is 14.0. The third-order valence-electron chi connectivity index (χ3n) is 15.7. The molecule has 0 bridgehead atoms. The van der Waals surface area contributed by atoms with Crippen LogP contribution in [0.4, 0.5) is 24.8 Å². The lowest BCUT2D eigenvalue weighted by atomic mass is 9.84. The van der Waals surface area contributed by atoms with Gasteiger partial charge < -0.3 is 45.7 Å². The number of imidazole rings is 4. The van der Waals surface area contributed by atoms with Crippen molar-refractivity contribution in [3.63, 3.8) is 0 Å². The molecular weight excluding hydrogens is 1470 g/mol. The lowest BCUT2D eigenvalue weighted by Crippen LogP contribution is -2.22. The standard InChI is InChI=1S/C24H22ClN7O2.C12H10ClN5O.C11H10ClFN2.C8H9FN2.C5H4BrFN2.C3H7BO2.C3H4Cl2O/c1-34-24-19(15-2-3-15)4-5-22-29-18(13-32(22)24)12-31-11-16(9-28-31)23(33)26-10-20-21-8-17(25)6-7-30(21)14-27-20;13-9-1-2-18-7-15-10(11(18)3-9)6-14-12(19)8-4-16-17-5-8;12-5-8-6-15-10(14-8)4-3-9(11(15)13)7-1-2-7;9-8-6(5-1-2-5)3-4-7(10)11-8;6-3-1-2-4(8)9-5(3)7;5-4(6)3-1-2-3;4-1-3(6)2-5/h4-9,11,13-15H,2-3,10,12H2,1H3,(H,26,33);1-5,7H,6H2,(H,14,19)(H,16,17);3-4,6-7H,1-2,5H2;3-5H,1-2H2,(H2,10,11);1-2H,(H2,8,9);3,5-6H,1-2H2;1-2H2. The Kier molecular flexibility index (Phi) is 25.5. The van der Waals surface area contributed by atoms with Crippen molar-refractivity contribution in [1.82, 2.24) is 78.1 Å². The van der Waals surface area contributed by atoms with Crippen LogP contribution in [0.25, 0.3) is 22.3 Å². The maximum Gasteiger partial charge on any atom is 0.454 e. The predicted molar refractivity (Wildman–Crippen MR) is 380 cm³/mol. The molecule has 0 spiro atoms. The highest BCUT2D eigenvalue weighted by molar-refractivity contribution is 9.10. The highest BCUT2D eigenvalue weighted by Gasteiger charge is 2.33. The van der Waals surface area contributed by atoms with E-state index in [1.165, 1.54) is 47.3 Å². The van der Waals surface area contributed by atoms with E-state index in [0.717, 1.165) is 89.3 Å². The molecule has 2 amide bonds. The number of pyridine rings is 6. The monoisotopic (exact) mass is 1530 g/mol. The number of hydrogen-bond acceptors (Lipinski definition) is 16. The van der Waals surface area contributed by atoms with Crippen LogP contribution in [0.15, 0.2) is 139 Å². The SMILES string of the molecule is COc1c(C2CC2)ccc2nc(Cn3cc(C(=O)NCc4ncn5ccc(Cl)cc45)cn3)cn12.Fc1c(C2CC2)ccc2nc(CCl)cn12.Nc1ccc(Br)c(F)n1.Nc1ccc(C2CC2)c(F)n1.O=C(CCl)CCl.O=C(NCc1ncn2ccc(Cl)cc12)c1cn[nH]c1.OB(O)C1CC1. The number of halogens is 9. The molecule has 0 aromatic carbocycles. The van der Waals surface area contributed by atoms with Crippen molar-refractivity contribution in [2.75, 3.05) is 30.3 Å². The molecule has 34 heteroatoms. The lowest BCUT2D eigenvalue weighted by molar-refractivity contribution is -0.114. The first-order valence-corrected chi connectivity index (χ1v) is 34.4. The molecule has 0 radical (unpaired) electrons. The largest absolute Gasteiger partial charge is 0.482 e. The van der Waals surface area contributed by atoms with E-state index in [-0.39, 0.29) is 59.3 Å². The fourth-order valence-corrected chi connectivity index (χ4v) is 10.9. The first-order valence-electron chi connectivity index (χ1n) is 31.3. The molecular formula is C66H66BBrCl5F3N18O6. The molecule has 100 heavy (non-hydrogen) atoms. The Bertz CT molecular complexity index is 4790. The summed E-state index contributed by atoms with van der Waals surface area (Å²) in [5, 5.41) is 34.1. The van der Waals surface area contributed by atoms with E-state index < -0.39 is 19.0 Å². The summed E-state index contributed by atoms with van der Waals surface area (Å²) < 4.78 is 54.2. The molecule has 12 aromatic heterocycles. The number of amides is 2. The van der Waals surface area contributed by atoms with Crippen molar-refractivity contribution in [1.29, 1.82) is 0 Å². The summed E-state index contributed by atoms with van der Waals surface area (Å²) >= 11 is 30.7. The minimum atomic E-state index is -1.04. The molecule has 9 N–H and O–H groups in total. The summed E-state index contributed by atoms with van der Waals surface area (Å²) in [5.74, 6) is 1.58. The van der Waals surface area contributed by atoms with E-state index in [1.54, 1.807) is 67.3 Å². The summed E-state index contributed by atoms with van der Waals surface area (Å²) in [6.45, 7) is 1.07. The number of carbonyl (C=O) groups excluding carboxylic acids is 3. The molecule has 4 saturated carbocycles. The van der Waals surface area contributed by atoms with Crippen molar-refractivity contribution in [2.45, 2.75) is 100 Å². The Morgan fingerprint density at radius 3 is 1.69 bits per heavy atom. The molecule has 16 rings (SSSR count). The Morgan fingerprint density at radius 2 is 1.19 bits per heavy atom. The van der Waals surface area contributed by atoms with Crippen molar-refractivity contribution >= 4 is 133 Å². The van der Waals surface area contributed by atoms with Crippen LogP contribution in [-0.4, -0.2) is 121 Å². The zero-order valence-corrected chi connectivity index (χ0v) is 58.8. The van der Waals surface area contributed by atoms with Gasteiger partial charge in [0.1, 0.15) is 22.9 Å². The lowest BCUT2D eigenvalue weighted by Gasteiger charge is -2.09. The van der Waals surface area contributed by atoms with Gasteiger partial charge in [-0.05, 0) is 139 Å². The molecule has 4 aliphatic carbocycles. The zero-order valence-electron chi connectivity index (χ0n) is 53.4. The van der Waals surface area contributed by atoms with Gasteiger partial charge in [0.25, 0.3) is 11.8 Å². The van der Waals surface area contributed by atoms with Gasteiger partial charge in [0.2, 0.25) is 23.7 Å². The number of nitrogens with one attached hydrogen (secondary N) is 3. The number of Topliss-reactive ketones (excluding diaryl/α,β-unsaturated/α-hetero) is 1. The average molecular weight is 1530 g/mol. The molecule has 12 heterocycles. The number of nitrogen functional groups attached to an aromatic ring is 2. The minimum Gasteiger partial charge on any atom is -0.482 e. The first-order chi connectivity index (χ1) is 48.2. The summed E-state index contributed by atoms with van der Waals surface area (Å²) in [6.07, 6.45) is 25.7. The normalized spacial score (nSPS) is 13.6. The number of carbonyl (C=O) groups is 3. The van der Waals surface area contributed by atoms with Crippen LogP contribution in [0.5, 0.6) is 5.88 Å². The third-order valence-corrected chi connectivity index (χ3v) is 17.7. The molecule has 522 valence electrons. The second-order valence-corrected chi connectivity index (χ2v) is 25.9. The Balaban J connectivity index is 0.000000139. The van der Waals surface area contributed by atoms with Crippen molar-refractivity contribution in [2.24, 2.45) is 0 Å². The van der Waals surface area contributed by atoms with Crippen LogP contribution in [-0.2, 0) is 30.3 Å². The molecule has 0 aliphatic heterocycles. The van der Waals surface area contributed by atoms with Crippen LogP contribution in [0.1, 0.15) is 129 Å². The van der Waals surface area contributed by atoms with Gasteiger partial charge >= 0.3 is 7.12 Å². The highest BCUT2D eigenvalue weighted by Crippen LogP contribution is 2.45.